The molecule has 0 aromatic heterocycles. The summed E-state index contributed by atoms with van der Waals surface area (Å²) in [5, 5.41) is 2.95. The Kier molecular flexibility index (Phi) is 4.45. The zero-order valence-corrected chi connectivity index (χ0v) is 12.0. The predicted octanol–water partition coefficient (Wildman–Crippen LogP) is 0.785. The van der Waals surface area contributed by atoms with Gasteiger partial charge < -0.3 is 10.1 Å². The van der Waals surface area contributed by atoms with E-state index in [0.717, 1.165) is 13.1 Å². The molecule has 1 saturated heterocycles. The number of amides is 1. The molecule has 0 radical (unpaired) electrons. The number of nitrogens with one attached hydrogen (secondary N) is 1. The maximum absolute atomic E-state index is 11.8. The lowest BCUT2D eigenvalue weighted by atomic mass is 9.78. The molecule has 5 nitrogen and oxygen atoms in total. The first-order chi connectivity index (χ1) is 9.01. The summed E-state index contributed by atoms with van der Waals surface area (Å²) in [6.45, 7) is 5.39. The number of hydrogen-bond acceptors (Lipinski definition) is 4. The minimum absolute atomic E-state index is 0.0304. The Morgan fingerprint density at radius 2 is 2.00 bits per heavy atom. The number of hydrogen-bond donors (Lipinski definition) is 1. The van der Waals surface area contributed by atoms with Crippen molar-refractivity contribution < 1.29 is 14.3 Å². The summed E-state index contributed by atoms with van der Waals surface area (Å²) in [6, 6.07) is 0.617. The van der Waals surface area contributed by atoms with Crippen molar-refractivity contribution in [2.45, 2.75) is 45.2 Å². The van der Waals surface area contributed by atoms with Crippen LogP contribution in [0.15, 0.2) is 0 Å². The molecule has 1 heterocycles. The maximum Gasteiger partial charge on any atom is 0.310 e. The predicted molar refractivity (Wildman–Crippen MR) is 71.5 cm³/mol. The van der Waals surface area contributed by atoms with Crippen molar-refractivity contribution in [3.63, 3.8) is 0 Å². The quantitative estimate of drug-likeness (QED) is 0.769. The minimum atomic E-state index is -0.160. The van der Waals surface area contributed by atoms with Crippen LogP contribution in [0.5, 0.6) is 0 Å². The Labute approximate surface area is 114 Å². The van der Waals surface area contributed by atoms with Crippen LogP contribution in [-0.4, -0.2) is 49.1 Å². The number of carbonyl (C=O) groups excluding carboxylic acids is 2. The van der Waals surface area contributed by atoms with Crippen molar-refractivity contribution in [2.24, 2.45) is 11.8 Å². The first-order valence-electron chi connectivity index (χ1n) is 7.10. The standard InChI is InChI=1S/C14H24N2O3/c1-9-4-5-13(9)16-7-11(14(18)19-3)6-12(8-16)15-10(2)17/h9,11-13H,4-8H2,1-3H3,(H,15,17). The maximum atomic E-state index is 11.8. The van der Waals surface area contributed by atoms with Crippen molar-refractivity contribution >= 4 is 11.9 Å². The van der Waals surface area contributed by atoms with Gasteiger partial charge in [-0.15, -0.1) is 0 Å². The van der Waals surface area contributed by atoms with Crippen molar-refractivity contribution in [3.05, 3.63) is 0 Å². The van der Waals surface area contributed by atoms with Crippen LogP contribution in [0.3, 0.4) is 0 Å². The number of rotatable bonds is 3. The second kappa shape index (κ2) is 5.90. The van der Waals surface area contributed by atoms with Crippen LogP contribution in [0.2, 0.25) is 0 Å². The van der Waals surface area contributed by atoms with E-state index in [2.05, 4.69) is 17.1 Å². The van der Waals surface area contributed by atoms with Gasteiger partial charge in [0.25, 0.3) is 0 Å². The molecule has 0 spiro atoms. The lowest BCUT2D eigenvalue weighted by Gasteiger charge is -2.47. The number of ether oxygens (including phenoxy) is 1. The smallest absolute Gasteiger partial charge is 0.310 e. The minimum Gasteiger partial charge on any atom is -0.469 e. The Morgan fingerprint density at radius 1 is 1.26 bits per heavy atom. The third kappa shape index (κ3) is 3.26. The summed E-state index contributed by atoms with van der Waals surface area (Å²) in [5.41, 5.74) is 0. The molecule has 4 unspecified atom stereocenters. The third-order valence-electron chi connectivity index (χ3n) is 4.46. The number of likely N-dealkylation sites (tertiary alicyclic amines) is 1. The van der Waals surface area contributed by atoms with Gasteiger partial charge in [-0.05, 0) is 25.2 Å². The zero-order valence-electron chi connectivity index (χ0n) is 12.0. The Balaban J connectivity index is 2.02. The zero-order chi connectivity index (χ0) is 14.0. The molecular formula is C14H24N2O3. The van der Waals surface area contributed by atoms with E-state index in [4.69, 9.17) is 4.74 Å². The largest absolute Gasteiger partial charge is 0.469 e. The van der Waals surface area contributed by atoms with Crippen molar-refractivity contribution in [3.8, 4) is 0 Å². The molecular weight excluding hydrogens is 244 g/mol. The van der Waals surface area contributed by atoms with Gasteiger partial charge in [-0.25, -0.2) is 0 Å². The molecule has 0 bridgehead atoms. The molecule has 19 heavy (non-hydrogen) atoms. The molecule has 4 atom stereocenters. The molecule has 5 heteroatoms. The second-order valence-corrected chi connectivity index (χ2v) is 5.93. The van der Waals surface area contributed by atoms with Crippen molar-refractivity contribution in [2.75, 3.05) is 20.2 Å². The highest BCUT2D eigenvalue weighted by Gasteiger charge is 2.39. The van der Waals surface area contributed by atoms with E-state index in [0.29, 0.717) is 18.4 Å². The van der Waals surface area contributed by atoms with Crippen LogP contribution in [-0.2, 0) is 14.3 Å². The van der Waals surface area contributed by atoms with Gasteiger partial charge in [0.2, 0.25) is 5.91 Å². The molecule has 0 aromatic rings. The van der Waals surface area contributed by atoms with E-state index in [1.807, 2.05) is 0 Å². The van der Waals surface area contributed by atoms with Gasteiger partial charge in [0.05, 0.1) is 13.0 Å². The fourth-order valence-electron chi connectivity index (χ4n) is 3.32. The van der Waals surface area contributed by atoms with E-state index in [9.17, 15) is 9.59 Å². The molecule has 2 rings (SSSR count). The number of esters is 1. The van der Waals surface area contributed by atoms with E-state index in [-0.39, 0.29) is 23.8 Å². The van der Waals surface area contributed by atoms with Crippen molar-refractivity contribution in [1.29, 1.82) is 0 Å². The Hall–Kier alpha value is -1.10. The molecule has 2 fully saturated rings. The normalized spacial score (nSPS) is 35.3. The highest BCUT2D eigenvalue weighted by atomic mass is 16.5. The first kappa shape index (κ1) is 14.3. The Bertz CT molecular complexity index is 359. The van der Waals surface area contributed by atoms with Gasteiger partial charge in [-0.3, -0.25) is 14.5 Å². The lowest BCUT2D eigenvalue weighted by molar-refractivity contribution is -0.149. The van der Waals surface area contributed by atoms with Gasteiger partial charge >= 0.3 is 5.97 Å². The van der Waals surface area contributed by atoms with Crippen LogP contribution in [0, 0.1) is 11.8 Å². The van der Waals surface area contributed by atoms with E-state index in [1.165, 1.54) is 26.9 Å². The van der Waals surface area contributed by atoms with Crippen LogP contribution >= 0.6 is 0 Å². The summed E-state index contributed by atoms with van der Waals surface area (Å²) < 4.78 is 4.87. The number of carbonyl (C=O) groups is 2. The third-order valence-corrected chi connectivity index (χ3v) is 4.46. The van der Waals surface area contributed by atoms with E-state index < -0.39 is 0 Å². The number of piperidine rings is 1. The van der Waals surface area contributed by atoms with Crippen LogP contribution in [0.4, 0.5) is 0 Å². The highest BCUT2D eigenvalue weighted by Crippen LogP contribution is 2.34. The fourth-order valence-corrected chi connectivity index (χ4v) is 3.32. The molecule has 2 aliphatic rings. The molecule has 1 aliphatic carbocycles. The molecule has 108 valence electrons. The number of nitrogens with zero attached hydrogens (tertiary/aromatic N) is 1. The molecule has 1 saturated carbocycles. The van der Waals surface area contributed by atoms with E-state index in [1.54, 1.807) is 0 Å². The summed E-state index contributed by atoms with van der Waals surface area (Å²) in [5.74, 6) is 0.377. The second-order valence-electron chi connectivity index (χ2n) is 5.93. The van der Waals surface area contributed by atoms with Crippen LogP contribution < -0.4 is 5.32 Å². The Morgan fingerprint density at radius 3 is 2.47 bits per heavy atom. The van der Waals surface area contributed by atoms with Crippen molar-refractivity contribution in [1.82, 2.24) is 10.2 Å². The van der Waals surface area contributed by atoms with Gasteiger partial charge in [0.1, 0.15) is 0 Å². The highest BCUT2D eigenvalue weighted by molar-refractivity contribution is 5.74. The fraction of sp³-hybridized carbons (Fsp3) is 0.857. The van der Waals surface area contributed by atoms with Crippen LogP contribution in [0.25, 0.3) is 0 Å². The number of methoxy groups -OCH3 is 1. The monoisotopic (exact) mass is 268 g/mol. The van der Waals surface area contributed by atoms with Gasteiger partial charge in [-0.2, -0.15) is 0 Å². The summed E-state index contributed by atoms with van der Waals surface area (Å²) in [7, 11) is 1.43. The molecule has 1 amide bonds. The van der Waals surface area contributed by atoms with Gasteiger partial charge in [0, 0.05) is 32.1 Å². The summed E-state index contributed by atoms with van der Waals surface area (Å²) in [4.78, 5) is 25.4. The lowest BCUT2D eigenvalue weighted by Crippen LogP contribution is -2.58. The van der Waals surface area contributed by atoms with E-state index >= 15 is 0 Å². The topological polar surface area (TPSA) is 58.6 Å². The summed E-state index contributed by atoms with van der Waals surface area (Å²) >= 11 is 0. The SMILES string of the molecule is COC(=O)C1CC(NC(C)=O)CN(C2CCC2C)C1. The van der Waals surface area contributed by atoms with Gasteiger partial charge in [-0.1, -0.05) is 6.92 Å². The average Bonchev–Trinajstić information content (AvgIpc) is 2.34. The summed E-state index contributed by atoms with van der Waals surface area (Å²) in [6.07, 6.45) is 3.14. The molecule has 0 aromatic carbocycles. The van der Waals surface area contributed by atoms with Gasteiger partial charge in [0.15, 0.2) is 0 Å². The molecule has 1 aliphatic heterocycles. The van der Waals surface area contributed by atoms with Crippen LogP contribution in [0.1, 0.15) is 33.1 Å². The molecule has 1 N–H and O–H groups in total. The first-order valence-corrected chi connectivity index (χ1v) is 7.10. The average molecular weight is 268 g/mol.